The van der Waals surface area contributed by atoms with Crippen molar-refractivity contribution >= 4 is 23.5 Å². The van der Waals surface area contributed by atoms with Crippen molar-refractivity contribution in [1.82, 2.24) is 5.32 Å². The molecule has 0 aromatic heterocycles. The molecule has 4 aliphatic rings. The van der Waals surface area contributed by atoms with Gasteiger partial charge in [-0.05, 0) is 87.5 Å². The summed E-state index contributed by atoms with van der Waals surface area (Å²) < 4.78 is 0. The third-order valence-corrected chi connectivity index (χ3v) is 6.64. The van der Waals surface area contributed by atoms with Crippen LogP contribution < -0.4 is 10.6 Å². The van der Waals surface area contributed by atoms with Gasteiger partial charge >= 0.3 is 5.97 Å². The highest BCUT2D eigenvalue weighted by Crippen LogP contribution is 2.60. The predicted molar refractivity (Wildman–Crippen MR) is 100 cm³/mol. The lowest BCUT2D eigenvalue weighted by Gasteiger charge is -2.55. The zero-order valence-corrected chi connectivity index (χ0v) is 15.5. The Balaban J connectivity index is 1.41. The Labute approximate surface area is 158 Å². The first-order chi connectivity index (χ1) is 12.8. The lowest BCUT2D eigenvalue weighted by Crippen LogP contribution is -2.51. The highest BCUT2D eigenvalue weighted by atomic mass is 16.4. The number of carboxylic acids is 1. The van der Waals surface area contributed by atoms with E-state index in [2.05, 4.69) is 10.6 Å². The Kier molecular flexibility index (Phi) is 4.44. The number of carbonyl (C=O) groups is 3. The van der Waals surface area contributed by atoms with Crippen LogP contribution in [0.15, 0.2) is 24.3 Å². The minimum absolute atomic E-state index is 0.123. The monoisotopic (exact) mass is 370 g/mol. The number of nitrogens with one attached hydrogen (secondary N) is 2. The number of rotatable bonds is 5. The fourth-order valence-corrected chi connectivity index (χ4v) is 5.70. The van der Waals surface area contributed by atoms with Crippen molar-refractivity contribution in [3.8, 4) is 0 Å². The molecule has 27 heavy (non-hydrogen) atoms. The van der Waals surface area contributed by atoms with E-state index >= 15 is 0 Å². The summed E-state index contributed by atoms with van der Waals surface area (Å²) >= 11 is 0. The second kappa shape index (κ2) is 6.66. The molecule has 2 amide bonds. The Bertz CT molecular complexity index is 736. The lowest BCUT2D eigenvalue weighted by molar-refractivity contribution is -0.140. The third-order valence-electron chi connectivity index (χ3n) is 6.64. The topological polar surface area (TPSA) is 95.5 Å². The number of amides is 2. The molecule has 144 valence electrons. The van der Waals surface area contributed by atoms with Gasteiger partial charge in [-0.25, -0.2) is 0 Å². The van der Waals surface area contributed by atoms with Crippen molar-refractivity contribution in [2.45, 2.75) is 51.5 Å². The molecular weight excluding hydrogens is 344 g/mol. The molecule has 0 heterocycles. The Morgan fingerprint density at radius 2 is 1.52 bits per heavy atom. The summed E-state index contributed by atoms with van der Waals surface area (Å²) in [5, 5.41) is 14.4. The number of hydrogen-bond acceptors (Lipinski definition) is 3. The summed E-state index contributed by atoms with van der Waals surface area (Å²) in [5.41, 5.74) is 0.844. The summed E-state index contributed by atoms with van der Waals surface area (Å²) in [6.45, 7) is 1.42. The minimum Gasteiger partial charge on any atom is -0.480 e. The molecule has 6 nitrogen and oxygen atoms in total. The summed E-state index contributed by atoms with van der Waals surface area (Å²) in [6.07, 6.45) is 6.93. The van der Waals surface area contributed by atoms with E-state index in [1.807, 2.05) is 0 Å². The van der Waals surface area contributed by atoms with Gasteiger partial charge in [-0.1, -0.05) is 0 Å². The second-order valence-electron chi connectivity index (χ2n) is 8.76. The quantitative estimate of drug-likeness (QED) is 0.742. The van der Waals surface area contributed by atoms with Crippen LogP contribution in [0.4, 0.5) is 5.69 Å². The van der Waals surface area contributed by atoms with Gasteiger partial charge in [0, 0.05) is 11.3 Å². The predicted octanol–water partition coefficient (Wildman–Crippen LogP) is 3.04. The lowest BCUT2D eigenvalue weighted by atomic mass is 9.49. The molecule has 5 rings (SSSR count). The van der Waals surface area contributed by atoms with Gasteiger partial charge in [-0.3, -0.25) is 14.4 Å². The van der Waals surface area contributed by atoms with E-state index in [1.165, 1.54) is 26.2 Å². The van der Waals surface area contributed by atoms with E-state index in [1.54, 1.807) is 24.3 Å². The first-order valence-corrected chi connectivity index (χ1v) is 9.80. The van der Waals surface area contributed by atoms with E-state index in [9.17, 15) is 14.4 Å². The molecule has 0 radical (unpaired) electrons. The molecule has 1 aromatic carbocycles. The zero-order chi connectivity index (χ0) is 19.2. The third kappa shape index (κ3) is 3.45. The van der Waals surface area contributed by atoms with Crippen molar-refractivity contribution in [3.05, 3.63) is 29.8 Å². The van der Waals surface area contributed by atoms with Crippen LogP contribution in [0.5, 0.6) is 0 Å². The molecule has 4 saturated carbocycles. The molecular formula is C21H26N2O4. The molecule has 4 aliphatic carbocycles. The summed E-state index contributed by atoms with van der Waals surface area (Å²) in [4.78, 5) is 36.0. The van der Waals surface area contributed by atoms with E-state index in [-0.39, 0.29) is 11.3 Å². The van der Waals surface area contributed by atoms with Gasteiger partial charge in [0.05, 0.1) is 5.41 Å². The number of anilines is 1. The van der Waals surface area contributed by atoms with Crippen LogP contribution in [0.1, 0.15) is 55.8 Å². The van der Waals surface area contributed by atoms with Crippen LogP contribution in [0.3, 0.4) is 0 Å². The fourth-order valence-electron chi connectivity index (χ4n) is 5.70. The smallest absolute Gasteiger partial charge is 0.325 e. The van der Waals surface area contributed by atoms with Crippen molar-refractivity contribution in [1.29, 1.82) is 0 Å². The van der Waals surface area contributed by atoms with Crippen LogP contribution in [0, 0.1) is 23.2 Å². The van der Waals surface area contributed by atoms with E-state index in [0.29, 0.717) is 29.0 Å². The van der Waals surface area contributed by atoms with Crippen molar-refractivity contribution in [3.63, 3.8) is 0 Å². The van der Waals surface area contributed by atoms with Crippen LogP contribution in [0.25, 0.3) is 0 Å². The molecule has 4 fully saturated rings. The number of benzene rings is 1. The molecule has 1 aromatic rings. The maximum Gasteiger partial charge on any atom is 0.325 e. The molecule has 6 heteroatoms. The number of carbonyl (C=O) groups excluding carboxylic acids is 2. The minimum atomic E-state index is -1.08. The molecule has 4 bridgehead atoms. The van der Waals surface area contributed by atoms with Crippen LogP contribution in [-0.2, 0) is 9.59 Å². The molecule has 1 atom stereocenters. The first kappa shape index (κ1) is 18.0. The average Bonchev–Trinajstić information content (AvgIpc) is 2.61. The average molecular weight is 370 g/mol. The Morgan fingerprint density at radius 1 is 1.00 bits per heavy atom. The molecule has 1 unspecified atom stereocenters. The van der Waals surface area contributed by atoms with Crippen LogP contribution >= 0.6 is 0 Å². The molecule has 3 N–H and O–H groups in total. The van der Waals surface area contributed by atoms with Gasteiger partial charge in [0.15, 0.2) is 0 Å². The Morgan fingerprint density at radius 3 is 2.00 bits per heavy atom. The Hall–Kier alpha value is -2.37. The maximum absolute atomic E-state index is 13.0. The van der Waals surface area contributed by atoms with Gasteiger partial charge < -0.3 is 15.7 Å². The molecule has 0 saturated heterocycles. The fraction of sp³-hybridized carbons (Fsp3) is 0.571. The highest BCUT2D eigenvalue weighted by molar-refractivity contribution is 5.98. The summed E-state index contributed by atoms with van der Waals surface area (Å²) in [7, 11) is 0. The van der Waals surface area contributed by atoms with Gasteiger partial charge in [-0.15, -0.1) is 0 Å². The SMILES string of the molecule is CC(NC(=O)c1ccc(NC(=O)C23CC4CC(CC(C4)C2)C3)cc1)C(=O)O. The number of aliphatic carboxylic acids is 1. The second-order valence-corrected chi connectivity index (χ2v) is 8.76. The standard InChI is InChI=1S/C21H26N2O4/c1-12(19(25)26)22-18(24)16-2-4-17(5-3-16)23-20(27)21-9-13-6-14(10-21)8-15(7-13)11-21/h2-5,12-15H,6-11H2,1H3,(H,22,24)(H,23,27)(H,25,26). The summed E-state index contributed by atoms with van der Waals surface area (Å²) in [5.74, 6) is 0.739. The summed E-state index contributed by atoms with van der Waals surface area (Å²) in [6, 6.07) is 5.68. The van der Waals surface area contributed by atoms with Crippen LogP contribution in [0.2, 0.25) is 0 Å². The van der Waals surface area contributed by atoms with Gasteiger partial charge in [0.2, 0.25) is 5.91 Å². The van der Waals surface area contributed by atoms with E-state index in [0.717, 1.165) is 19.3 Å². The normalized spacial score (nSPS) is 32.0. The maximum atomic E-state index is 13.0. The number of carboxylic acid groups (broad SMARTS) is 1. The van der Waals surface area contributed by atoms with Gasteiger partial charge in [0.1, 0.15) is 6.04 Å². The molecule has 0 spiro atoms. The first-order valence-electron chi connectivity index (χ1n) is 9.80. The van der Waals surface area contributed by atoms with Gasteiger partial charge in [-0.2, -0.15) is 0 Å². The van der Waals surface area contributed by atoms with Crippen molar-refractivity contribution in [2.75, 3.05) is 5.32 Å². The van der Waals surface area contributed by atoms with E-state index < -0.39 is 17.9 Å². The number of hydrogen-bond donors (Lipinski definition) is 3. The van der Waals surface area contributed by atoms with Crippen LogP contribution in [-0.4, -0.2) is 28.9 Å². The zero-order valence-electron chi connectivity index (χ0n) is 15.5. The molecule has 0 aliphatic heterocycles. The van der Waals surface area contributed by atoms with Gasteiger partial charge in [0.25, 0.3) is 5.91 Å². The van der Waals surface area contributed by atoms with Crippen molar-refractivity contribution in [2.24, 2.45) is 23.2 Å². The van der Waals surface area contributed by atoms with Crippen molar-refractivity contribution < 1.29 is 19.5 Å². The highest BCUT2D eigenvalue weighted by Gasteiger charge is 2.54. The van der Waals surface area contributed by atoms with E-state index in [4.69, 9.17) is 5.11 Å². The largest absolute Gasteiger partial charge is 0.480 e.